The van der Waals surface area contributed by atoms with E-state index in [1.807, 2.05) is 0 Å². The highest BCUT2D eigenvalue weighted by molar-refractivity contribution is 6.22. The Morgan fingerprint density at radius 2 is 0.894 bits per heavy atom. The highest BCUT2D eigenvalue weighted by Crippen LogP contribution is 2.55. The molecule has 0 saturated carbocycles. The molecule has 3 aromatic heterocycles. The zero-order chi connectivity index (χ0) is 55.4. The van der Waals surface area contributed by atoms with Crippen LogP contribution in [-0.4, -0.2) is 14.0 Å². The standard InChI is InChI=1S/C80H49N5/c1-2-14-51-43-52(32-31-48(51)13-1)49-27-29-50(30-28-49)54-35-42-75-70(46-54)68-45-55(34-38-66(68)79-81-72-22-6-10-26-77(72)85(75)79)53-33-37-58-56(44-53)15-11-18-59(58)60-19-12-20-64-61(60)40-41-65-62-16-3-7-23-73(62)83(78(64)65)57-36-39-67-69(47-57)63-17-4-8-24-74(63)84-76-25-9-5-21-71(76)82-80(67)84/h1-47,79,81H. The molecule has 0 aliphatic carbocycles. The molecule has 85 heavy (non-hydrogen) atoms. The number of aromatic nitrogens is 3. The predicted octanol–water partition coefficient (Wildman–Crippen LogP) is 21.3. The first kappa shape index (κ1) is 46.3. The summed E-state index contributed by atoms with van der Waals surface area (Å²) in [6.45, 7) is 0. The molecule has 0 fully saturated rings. The van der Waals surface area contributed by atoms with Crippen LogP contribution in [0.15, 0.2) is 285 Å². The van der Waals surface area contributed by atoms with Gasteiger partial charge in [-0.25, -0.2) is 4.98 Å². The van der Waals surface area contributed by atoms with Crippen molar-refractivity contribution in [2.75, 3.05) is 10.2 Å². The van der Waals surface area contributed by atoms with E-state index in [9.17, 15) is 0 Å². The van der Waals surface area contributed by atoms with Crippen LogP contribution in [-0.2, 0) is 0 Å². The van der Waals surface area contributed by atoms with Gasteiger partial charge in [0.15, 0.2) is 0 Å². The highest BCUT2D eigenvalue weighted by atomic mass is 15.3. The Hall–Kier alpha value is -11.3. The van der Waals surface area contributed by atoms with E-state index in [0.29, 0.717) is 0 Å². The Labute approximate surface area is 489 Å². The molecule has 5 heterocycles. The number of para-hydroxylation sites is 6. The molecule has 2 aliphatic heterocycles. The van der Waals surface area contributed by atoms with Gasteiger partial charge in [0, 0.05) is 43.7 Å². The Balaban J connectivity index is 0.722. The van der Waals surface area contributed by atoms with Gasteiger partial charge in [-0.3, -0.25) is 4.40 Å². The first-order chi connectivity index (χ1) is 42.1. The van der Waals surface area contributed by atoms with Gasteiger partial charge >= 0.3 is 0 Å². The number of hydrogen-bond donors (Lipinski definition) is 1. The molecule has 19 rings (SSSR count). The lowest BCUT2D eigenvalue weighted by Gasteiger charge is -2.36. The minimum Gasteiger partial charge on any atom is -0.359 e. The number of rotatable bonds is 5. The Bertz CT molecular complexity index is 5730. The normalized spacial score (nSPS) is 13.6. The van der Waals surface area contributed by atoms with Crippen LogP contribution in [0.4, 0.5) is 17.1 Å². The molecule has 1 unspecified atom stereocenters. The van der Waals surface area contributed by atoms with Crippen LogP contribution in [0.2, 0.25) is 0 Å². The topological polar surface area (TPSA) is 37.5 Å². The molecule has 14 aromatic carbocycles. The van der Waals surface area contributed by atoms with E-state index in [4.69, 9.17) is 4.98 Å². The lowest BCUT2D eigenvalue weighted by molar-refractivity contribution is 0.819. The van der Waals surface area contributed by atoms with Gasteiger partial charge in [-0.2, -0.15) is 0 Å². The number of fused-ring (bicyclic) bond motifs is 23. The summed E-state index contributed by atoms with van der Waals surface area (Å²) in [7, 11) is 0. The minimum absolute atomic E-state index is 0.0219. The Kier molecular flexibility index (Phi) is 9.61. The van der Waals surface area contributed by atoms with Crippen LogP contribution in [0.25, 0.3) is 154 Å². The number of benzene rings is 14. The summed E-state index contributed by atoms with van der Waals surface area (Å²) in [5, 5.41) is 17.3. The van der Waals surface area contributed by atoms with Crippen LogP contribution >= 0.6 is 0 Å². The first-order valence-electron chi connectivity index (χ1n) is 29.4. The molecule has 0 spiro atoms. The molecule has 5 heteroatoms. The van der Waals surface area contributed by atoms with Crippen LogP contribution in [0.1, 0.15) is 11.7 Å². The van der Waals surface area contributed by atoms with E-state index in [1.165, 1.54) is 137 Å². The fraction of sp³-hybridized carbons (Fsp3) is 0.0125. The number of imidazole rings is 1. The zero-order valence-electron chi connectivity index (χ0n) is 46.0. The van der Waals surface area contributed by atoms with Gasteiger partial charge in [0.05, 0.1) is 44.6 Å². The average molecular weight is 1080 g/mol. The molecule has 0 saturated heterocycles. The van der Waals surface area contributed by atoms with E-state index in [0.717, 1.165) is 39.0 Å². The summed E-state index contributed by atoms with van der Waals surface area (Å²) < 4.78 is 4.82. The van der Waals surface area contributed by atoms with E-state index in [1.54, 1.807) is 0 Å². The SMILES string of the molecule is c1ccc2c(c1)NC1c3ccc(-c4ccc5c(-c6cccc7c6ccc6c8ccccc8n(-c8ccc9c(c8)c8ccccc8n8c%10ccccc%10nc98)c76)cccc5c4)cc3-c3cc(-c4ccc(-c5ccc6ccccc6c5)cc4)ccc3N21. The maximum Gasteiger partial charge on any atom is 0.146 e. The van der Waals surface area contributed by atoms with Crippen LogP contribution in [0.5, 0.6) is 0 Å². The fourth-order valence-electron chi connectivity index (χ4n) is 14.7. The van der Waals surface area contributed by atoms with E-state index < -0.39 is 0 Å². The smallest absolute Gasteiger partial charge is 0.146 e. The van der Waals surface area contributed by atoms with Crippen molar-refractivity contribution in [3.63, 3.8) is 0 Å². The van der Waals surface area contributed by atoms with E-state index >= 15 is 0 Å². The van der Waals surface area contributed by atoms with Crippen molar-refractivity contribution in [3.05, 3.63) is 291 Å². The quantitative estimate of drug-likeness (QED) is 0.175. The number of nitrogens with zero attached hydrogens (tertiary/aromatic N) is 4. The maximum absolute atomic E-state index is 5.22. The molecule has 394 valence electrons. The van der Waals surface area contributed by atoms with Crippen molar-refractivity contribution in [2.24, 2.45) is 0 Å². The molecule has 2 aliphatic rings. The third-order valence-electron chi connectivity index (χ3n) is 18.6. The van der Waals surface area contributed by atoms with Crippen molar-refractivity contribution >= 4 is 110 Å². The predicted molar refractivity (Wildman–Crippen MR) is 357 cm³/mol. The van der Waals surface area contributed by atoms with Gasteiger partial charge in [-0.1, -0.05) is 200 Å². The highest BCUT2D eigenvalue weighted by Gasteiger charge is 2.38. The van der Waals surface area contributed by atoms with Crippen molar-refractivity contribution in [1.29, 1.82) is 0 Å². The molecule has 1 atom stereocenters. The lowest BCUT2D eigenvalue weighted by Crippen LogP contribution is -2.27. The number of hydrogen-bond acceptors (Lipinski definition) is 3. The van der Waals surface area contributed by atoms with Gasteiger partial charge in [0.2, 0.25) is 0 Å². The van der Waals surface area contributed by atoms with Gasteiger partial charge in [-0.05, 0) is 167 Å². The molecule has 5 nitrogen and oxygen atoms in total. The van der Waals surface area contributed by atoms with Gasteiger partial charge in [0.1, 0.15) is 11.8 Å². The summed E-state index contributed by atoms with van der Waals surface area (Å²) in [6, 6.07) is 106. The van der Waals surface area contributed by atoms with Crippen molar-refractivity contribution < 1.29 is 0 Å². The molecular formula is C80H49N5. The number of anilines is 3. The molecule has 1 N–H and O–H groups in total. The molecule has 0 bridgehead atoms. The van der Waals surface area contributed by atoms with Gasteiger partial charge < -0.3 is 14.8 Å². The lowest BCUT2D eigenvalue weighted by atomic mass is 9.86. The summed E-state index contributed by atoms with van der Waals surface area (Å²) in [4.78, 5) is 7.71. The molecule has 0 radical (unpaired) electrons. The average Bonchev–Trinajstić information content (AvgIpc) is 2.04. The summed E-state index contributed by atoms with van der Waals surface area (Å²) in [5.41, 5.74) is 24.7. The van der Waals surface area contributed by atoms with E-state index in [-0.39, 0.29) is 6.17 Å². The maximum atomic E-state index is 5.22. The number of pyridine rings is 1. The molecule has 17 aromatic rings. The van der Waals surface area contributed by atoms with Gasteiger partial charge in [0.25, 0.3) is 0 Å². The van der Waals surface area contributed by atoms with Crippen LogP contribution in [0, 0.1) is 0 Å². The van der Waals surface area contributed by atoms with Gasteiger partial charge in [-0.15, -0.1) is 0 Å². The minimum atomic E-state index is -0.0219. The van der Waals surface area contributed by atoms with Crippen LogP contribution < -0.4 is 10.2 Å². The van der Waals surface area contributed by atoms with Crippen LogP contribution in [0.3, 0.4) is 0 Å². The Morgan fingerprint density at radius 1 is 0.318 bits per heavy atom. The molecular weight excluding hydrogens is 1030 g/mol. The molecule has 0 amide bonds. The second-order valence-corrected chi connectivity index (χ2v) is 23.1. The van der Waals surface area contributed by atoms with Crippen molar-refractivity contribution in [3.8, 4) is 61.3 Å². The van der Waals surface area contributed by atoms with E-state index in [2.05, 4.69) is 304 Å². The van der Waals surface area contributed by atoms with Crippen molar-refractivity contribution in [1.82, 2.24) is 14.0 Å². The monoisotopic (exact) mass is 1080 g/mol. The second kappa shape index (κ2) is 17.6. The third-order valence-corrected chi connectivity index (χ3v) is 18.6. The zero-order valence-corrected chi connectivity index (χ0v) is 46.0. The first-order valence-corrected chi connectivity index (χ1v) is 29.4. The summed E-state index contributed by atoms with van der Waals surface area (Å²) in [5.74, 6) is 0. The van der Waals surface area contributed by atoms with Crippen molar-refractivity contribution in [2.45, 2.75) is 6.17 Å². The Morgan fingerprint density at radius 3 is 1.78 bits per heavy atom. The second-order valence-electron chi connectivity index (χ2n) is 23.1. The largest absolute Gasteiger partial charge is 0.359 e. The number of nitrogens with one attached hydrogen (secondary N) is 1. The summed E-state index contributed by atoms with van der Waals surface area (Å²) >= 11 is 0. The summed E-state index contributed by atoms with van der Waals surface area (Å²) in [6.07, 6.45) is -0.0219. The third kappa shape index (κ3) is 6.78. The fourth-order valence-corrected chi connectivity index (χ4v) is 14.7.